The third-order valence-electron chi connectivity index (χ3n) is 2.75. The van der Waals surface area contributed by atoms with Gasteiger partial charge in [-0.05, 0) is 45.0 Å². The van der Waals surface area contributed by atoms with E-state index in [1.807, 2.05) is 0 Å². The molecule has 0 spiro atoms. The predicted octanol–water partition coefficient (Wildman–Crippen LogP) is 1.94. The maximum atomic E-state index is 12.1. The number of ether oxygens (including phenoxy) is 1. The summed E-state index contributed by atoms with van der Waals surface area (Å²) in [6, 6.07) is 7.62. The fourth-order valence-corrected chi connectivity index (χ4v) is 2.22. The zero-order valence-corrected chi connectivity index (χ0v) is 13.6. The summed E-state index contributed by atoms with van der Waals surface area (Å²) in [5, 5.41) is 12.0. The number of hydrogen-bond acceptors (Lipinski definition) is 7. The van der Waals surface area contributed by atoms with E-state index in [4.69, 9.17) is 5.26 Å². The van der Waals surface area contributed by atoms with Gasteiger partial charge in [-0.1, -0.05) is 0 Å². The van der Waals surface area contributed by atoms with Crippen molar-refractivity contribution in [1.82, 2.24) is 0 Å². The van der Waals surface area contributed by atoms with Gasteiger partial charge in [0.25, 0.3) is 5.04 Å². The van der Waals surface area contributed by atoms with Crippen LogP contribution in [0.1, 0.15) is 31.1 Å². The van der Waals surface area contributed by atoms with Gasteiger partial charge in [0.1, 0.15) is 6.07 Å². The molecule has 0 aliphatic rings. The first-order valence-electron chi connectivity index (χ1n) is 6.30. The molecule has 0 atom stereocenters. The molecule has 0 aliphatic heterocycles. The molecule has 0 radical (unpaired) electrons. The Labute approximate surface area is 129 Å². The highest BCUT2D eigenvalue weighted by atomic mass is 32.2. The van der Waals surface area contributed by atoms with E-state index in [1.54, 1.807) is 6.07 Å². The molecule has 0 aromatic heterocycles. The van der Waals surface area contributed by atoms with E-state index in [2.05, 4.69) is 15.3 Å². The first kappa shape index (κ1) is 17.7. The average molecular weight is 323 g/mol. The van der Waals surface area contributed by atoms with E-state index in [-0.39, 0.29) is 0 Å². The molecule has 0 aliphatic carbocycles. The fraction of sp³-hybridized carbons (Fsp3) is 0.357. The number of rotatable bonds is 3. The lowest BCUT2D eigenvalue weighted by Crippen LogP contribution is -2.34. The van der Waals surface area contributed by atoms with Crippen LogP contribution in [-0.4, -0.2) is 31.3 Å². The smallest absolute Gasteiger partial charge is 0.337 e. The number of methoxy groups -OCH3 is 1. The molecule has 1 aromatic carbocycles. The van der Waals surface area contributed by atoms with Crippen molar-refractivity contribution in [1.29, 1.82) is 5.26 Å². The highest BCUT2D eigenvalue weighted by Gasteiger charge is 2.34. The molecule has 0 fully saturated rings. The molecular weight excluding hydrogens is 306 g/mol. The number of hydrogen-bond donors (Lipinski definition) is 1. The summed E-state index contributed by atoms with van der Waals surface area (Å²) in [6.07, 6.45) is 0. The Hall–Kier alpha value is -2.40. The number of esters is 1. The Morgan fingerprint density at radius 3 is 2.23 bits per heavy atom. The topological polar surface area (TPSA) is 109 Å². The fourth-order valence-electron chi connectivity index (χ4n) is 1.35. The normalized spacial score (nSPS) is 12.4. The van der Waals surface area contributed by atoms with Crippen LogP contribution in [0.3, 0.4) is 0 Å². The Kier molecular flexibility index (Phi) is 5.28. The van der Waals surface area contributed by atoms with Crippen LogP contribution >= 0.6 is 0 Å². The number of benzene rings is 1. The molecule has 0 saturated heterocycles. The minimum atomic E-state index is -3.83. The molecule has 7 nitrogen and oxygen atoms in total. The van der Waals surface area contributed by atoms with Gasteiger partial charge in [-0.25, -0.2) is 13.2 Å². The van der Waals surface area contributed by atoms with Crippen molar-refractivity contribution in [3.63, 3.8) is 0 Å². The lowest BCUT2D eigenvalue weighted by atomic mass is 10.2. The largest absolute Gasteiger partial charge is 0.465 e. The Balaban J connectivity index is 3.00. The van der Waals surface area contributed by atoms with Crippen LogP contribution in [0.25, 0.3) is 0 Å². The van der Waals surface area contributed by atoms with Gasteiger partial charge in [0.15, 0.2) is 0 Å². The number of nitrogens with one attached hydrogen (secondary N) is 1. The molecule has 1 rings (SSSR count). The lowest BCUT2D eigenvalue weighted by Gasteiger charge is -2.17. The number of nitriles is 1. The van der Waals surface area contributed by atoms with E-state index in [0.717, 1.165) is 0 Å². The maximum absolute atomic E-state index is 12.1. The van der Waals surface area contributed by atoms with Gasteiger partial charge >= 0.3 is 5.97 Å². The average Bonchev–Trinajstić information content (AvgIpc) is 2.46. The van der Waals surface area contributed by atoms with E-state index >= 15 is 0 Å². The minimum Gasteiger partial charge on any atom is -0.465 e. The summed E-state index contributed by atoms with van der Waals surface area (Å²) in [5.74, 6) is -0.483. The number of sulfone groups is 1. The number of nitrogens with zero attached hydrogens (tertiary/aromatic N) is 2. The standard InChI is InChI=1S/C14H17N3O4S/c1-14(2,3)22(19,20)12(9-15)17-16-11-7-5-10(6-8-11)13(18)21-4/h5-8,16H,1-4H3. The van der Waals surface area contributed by atoms with E-state index in [1.165, 1.54) is 52.1 Å². The molecule has 0 unspecified atom stereocenters. The highest BCUT2D eigenvalue weighted by Crippen LogP contribution is 2.18. The zero-order chi connectivity index (χ0) is 17.0. The van der Waals surface area contributed by atoms with Crippen molar-refractivity contribution in [3.05, 3.63) is 29.8 Å². The molecule has 1 N–H and O–H groups in total. The summed E-state index contributed by atoms with van der Waals surface area (Å²) in [6.45, 7) is 4.46. The molecule has 0 heterocycles. The molecule has 0 bridgehead atoms. The predicted molar refractivity (Wildman–Crippen MR) is 83.1 cm³/mol. The second-order valence-corrected chi connectivity index (χ2v) is 7.94. The number of carbonyl (C=O) groups excluding carboxylic acids is 1. The van der Waals surface area contributed by atoms with Gasteiger partial charge < -0.3 is 4.74 Å². The van der Waals surface area contributed by atoms with Gasteiger partial charge in [-0.2, -0.15) is 10.4 Å². The Morgan fingerprint density at radius 1 is 1.27 bits per heavy atom. The summed E-state index contributed by atoms with van der Waals surface area (Å²) in [7, 11) is -2.56. The summed E-state index contributed by atoms with van der Waals surface area (Å²) in [5.41, 5.74) is 3.27. The summed E-state index contributed by atoms with van der Waals surface area (Å²) >= 11 is 0. The van der Waals surface area contributed by atoms with Gasteiger partial charge in [-0.3, -0.25) is 5.43 Å². The van der Waals surface area contributed by atoms with Crippen molar-refractivity contribution in [2.24, 2.45) is 5.10 Å². The number of hydrazone groups is 1. The Morgan fingerprint density at radius 2 is 1.82 bits per heavy atom. The van der Waals surface area contributed by atoms with Gasteiger partial charge in [0.2, 0.25) is 9.84 Å². The van der Waals surface area contributed by atoms with Crippen molar-refractivity contribution < 1.29 is 17.9 Å². The van der Waals surface area contributed by atoms with Crippen molar-refractivity contribution in [2.75, 3.05) is 12.5 Å². The Bertz CT molecular complexity index is 723. The van der Waals surface area contributed by atoms with Crippen LogP contribution in [0, 0.1) is 11.3 Å². The third kappa shape index (κ3) is 3.83. The van der Waals surface area contributed by atoms with E-state index in [0.29, 0.717) is 11.3 Å². The molecule has 22 heavy (non-hydrogen) atoms. The molecule has 8 heteroatoms. The van der Waals surface area contributed by atoms with Crippen molar-refractivity contribution >= 4 is 26.5 Å². The van der Waals surface area contributed by atoms with Crippen LogP contribution in [0.5, 0.6) is 0 Å². The minimum absolute atomic E-state index is 0.347. The zero-order valence-electron chi connectivity index (χ0n) is 12.7. The van der Waals surface area contributed by atoms with Crippen LogP contribution in [0.2, 0.25) is 0 Å². The van der Waals surface area contributed by atoms with Crippen molar-refractivity contribution in [3.8, 4) is 6.07 Å². The second-order valence-electron chi connectivity index (χ2n) is 5.33. The molecule has 118 valence electrons. The SMILES string of the molecule is COC(=O)c1ccc(NN=C(C#N)S(=O)(=O)C(C)(C)C)cc1. The molecular formula is C14H17N3O4S. The van der Waals surface area contributed by atoms with E-state index < -0.39 is 25.6 Å². The van der Waals surface area contributed by atoms with Gasteiger partial charge in [0, 0.05) is 0 Å². The lowest BCUT2D eigenvalue weighted by molar-refractivity contribution is 0.0601. The number of carbonyl (C=O) groups is 1. The first-order chi connectivity index (χ1) is 10.1. The monoisotopic (exact) mass is 323 g/mol. The maximum Gasteiger partial charge on any atom is 0.337 e. The van der Waals surface area contributed by atoms with Crippen LogP contribution in [-0.2, 0) is 14.6 Å². The van der Waals surface area contributed by atoms with Crippen LogP contribution in [0.15, 0.2) is 29.4 Å². The van der Waals surface area contributed by atoms with Gasteiger partial charge in [-0.15, -0.1) is 0 Å². The quantitative estimate of drug-likeness (QED) is 0.394. The molecule has 0 saturated carbocycles. The molecule has 1 aromatic rings. The summed E-state index contributed by atoms with van der Waals surface area (Å²) in [4.78, 5) is 11.3. The second kappa shape index (κ2) is 6.58. The van der Waals surface area contributed by atoms with Crippen LogP contribution in [0.4, 0.5) is 5.69 Å². The third-order valence-corrected chi connectivity index (χ3v) is 5.05. The molecule has 0 amide bonds. The highest BCUT2D eigenvalue weighted by molar-refractivity contribution is 8.08. The van der Waals surface area contributed by atoms with Crippen LogP contribution < -0.4 is 5.43 Å². The van der Waals surface area contributed by atoms with E-state index in [9.17, 15) is 13.2 Å². The number of anilines is 1. The summed E-state index contributed by atoms with van der Waals surface area (Å²) < 4.78 is 27.7. The van der Waals surface area contributed by atoms with Crippen molar-refractivity contribution in [2.45, 2.75) is 25.5 Å². The van der Waals surface area contributed by atoms with Gasteiger partial charge in [0.05, 0.1) is 23.1 Å². The first-order valence-corrected chi connectivity index (χ1v) is 7.78.